The molecule has 0 saturated carbocycles. The van der Waals surface area contributed by atoms with E-state index in [-0.39, 0.29) is 5.91 Å². The minimum Gasteiger partial charge on any atom is -0.490 e. The van der Waals surface area contributed by atoms with Gasteiger partial charge in [0.25, 0.3) is 5.91 Å². The van der Waals surface area contributed by atoms with Crippen LogP contribution in [0.4, 0.5) is 0 Å². The molecule has 0 fully saturated rings. The van der Waals surface area contributed by atoms with E-state index in [1.807, 2.05) is 20.8 Å². The van der Waals surface area contributed by atoms with Crippen LogP contribution in [0.2, 0.25) is 0 Å². The molecule has 0 spiro atoms. The summed E-state index contributed by atoms with van der Waals surface area (Å²) in [5.41, 5.74) is 2.79. The zero-order chi connectivity index (χ0) is 23.8. The van der Waals surface area contributed by atoms with E-state index in [4.69, 9.17) is 14.2 Å². The number of hydrogen-bond donors (Lipinski definition) is 0. The van der Waals surface area contributed by atoms with Gasteiger partial charge in [-0.25, -0.2) is 0 Å². The molecule has 1 amide bonds. The van der Waals surface area contributed by atoms with E-state index in [2.05, 4.69) is 40.9 Å². The largest absolute Gasteiger partial charge is 0.490 e. The van der Waals surface area contributed by atoms with Crippen LogP contribution in [0.15, 0.2) is 35.3 Å². The van der Waals surface area contributed by atoms with Crippen molar-refractivity contribution in [3.63, 3.8) is 0 Å². The molecule has 178 valence electrons. The maximum atomic E-state index is 13.3. The first-order valence-electron chi connectivity index (χ1n) is 11.3. The zero-order valence-electron chi connectivity index (χ0n) is 20.0. The molecule has 0 unspecified atom stereocenters. The van der Waals surface area contributed by atoms with Crippen LogP contribution in [0.1, 0.15) is 43.6 Å². The summed E-state index contributed by atoms with van der Waals surface area (Å²) in [6.45, 7) is 9.99. The average Bonchev–Trinajstić information content (AvgIpc) is 3.15. The number of thioether (sulfide) groups is 1. The number of carbonyl (C=O) groups excluding carboxylic acids is 1. The van der Waals surface area contributed by atoms with Crippen LogP contribution in [0.25, 0.3) is 10.2 Å². The van der Waals surface area contributed by atoms with Crippen molar-refractivity contribution in [3.05, 3.63) is 46.3 Å². The summed E-state index contributed by atoms with van der Waals surface area (Å²) in [7, 11) is 0. The fraction of sp³-hybridized carbons (Fsp3) is 0.440. The van der Waals surface area contributed by atoms with Crippen LogP contribution in [0.5, 0.6) is 17.2 Å². The van der Waals surface area contributed by atoms with E-state index < -0.39 is 0 Å². The first-order valence-corrected chi connectivity index (χ1v) is 13.5. The highest BCUT2D eigenvalue weighted by Crippen LogP contribution is 2.39. The fourth-order valence-corrected chi connectivity index (χ4v) is 4.97. The Morgan fingerprint density at radius 2 is 1.67 bits per heavy atom. The lowest BCUT2D eigenvalue weighted by atomic mass is 10.1. The highest BCUT2D eigenvalue weighted by molar-refractivity contribution is 7.98. The first-order chi connectivity index (χ1) is 16.1. The Hall–Kier alpha value is -2.45. The maximum Gasteiger partial charge on any atom is 0.279 e. The number of thiazole rings is 1. The molecular formula is C25H32N2O4S2. The van der Waals surface area contributed by atoms with Crippen molar-refractivity contribution in [2.45, 2.75) is 40.7 Å². The van der Waals surface area contributed by atoms with Gasteiger partial charge in [-0.05, 0) is 63.3 Å². The molecular weight excluding hydrogens is 456 g/mol. The van der Waals surface area contributed by atoms with Gasteiger partial charge in [0, 0.05) is 17.9 Å². The van der Waals surface area contributed by atoms with Crippen molar-refractivity contribution in [3.8, 4) is 17.2 Å². The van der Waals surface area contributed by atoms with Gasteiger partial charge in [0.2, 0.25) is 5.75 Å². The summed E-state index contributed by atoms with van der Waals surface area (Å²) in [6.07, 6.45) is 3.05. The fourth-order valence-electron chi connectivity index (χ4n) is 3.49. The minimum absolute atomic E-state index is 0.333. The van der Waals surface area contributed by atoms with Gasteiger partial charge in [0.05, 0.1) is 30.0 Å². The van der Waals surface area contributed by atoms with Crippen molar-refractivity contribution >= 4 is 39.2 Å². The zero-order valence-corrected chi connectivity index (χ0v) is 21.6. The van der Waals surface area contributed by atoms with E-state index >= 15 is 0 Å². The van der Waals surface area contributed by atoms with Crippen molar-refractivity contribution in [2.75, 3.05) is 31.8 Å². The second-order valence-corrected chi connectivity index (χ2v) is 9.20. The number of ether oxygens (including phenoxy) is 3. The Morgan fingerprint density at radius 3 is 2.24 bits per heavy atom. The topological polar surface area (TPSA) is 62.0 Å². The average molecular weight is 489 g/mol. The molecule has 0 aliphatic carbocycles. The Kier molecular flexibility index (Phi) is 9.26. The molecule has 0 radical (unpaired) electrons. The lowest BCUT2D eigenvalue weighted by molar-refractivity contribution is 0.0996. The van der Waals surface area contributed by atoms with Gasteiger partial charge in [0.1, 0.15) is 0 Å². The molecule has 1 aromatic heterocycles. The molecule has 3 rings (SSSR count). The van der Waals surface area contributed by atoms with Crippen LogP contribution in [0, 0.1) is 0 Å². The minimum atomic E-state index is -0.333. The highest BCUT2D eigenvalue weighted by atomic mass is 32.2. The molecule has 0 atom stereocenters. The monoisotopic (exact) mass is 488 g/mol. The second kappa shape index (κ2) is 12.1. The number of benzene rings is 2. The lowest BCUT2D eigenvalue weighted by Gasteiger charge is -2.16. The van der Waals surface area contributed by atoms with Gasteiger partial charge in [-0.15, -0.1) is 0 Å². The predicted molar refractivity (Wildman–Crippen MR) is 137 cm³/mol. The Bertz CT molecular complexity index is 1140. The van der Waals surface area contributed by atoms with Crippen LogP contribution in [-0.2, 0) is 13.0 Å². The molecule has 3 aromatic rings. The second-order valence-electron chi connectivity index (χ2n) is 7.20. The van der Waals surface area contributed by atoms with Crippen LogP contribution < -0.4 is 19.0 Å². The molecule has 0 bridgehead atoms. The lowest BCUT2D eigenvalue weighted by Crippen LogP contribution is -2.18. The summed E-state index contributed by atoms with van der Waals surface area (Å²) in [5.74, 6) is 2.10. The Morgan fingerprint density at radius 1 is 1.00 bits per heavy atom. The predicted octanol–water partition coefficient (Wildman–Crippen LogP) is 5.57. The van der Waals surface area contributed by atoms with Crippen molar-refractivity contribution < 1.29 is 19.0 Å². The molecule has 1 heterocycles. The molecule has 6 nitrogen and oxygen atoms in total. The molecule has 0 aliphatic rings. The molecule has 33 heavy (non-hydrogen) atoms. The number of nitrogens with zero attached hydrogens (tertiary/aromatic N) is 2. The van der Waals surface area contributed by atoms with Crippen molar-refractivity contribution in [2.24, 2.45) is 4.99 Å². The molecule has 0 aliphatic heterocycles. The summed E-state index contributed by atoms with van der Waals surface area (Å²) in [5, 5.41) is 0. The number of aryl methyl sites for hydroxylation is 2. The molecule has 0 saturated heterocycles. The number of rotatable bonds is 11. The number of carbonyl (C=O) groups is 1. The number of aromatic nitrogens is 1. The third-order valence-electron chi connectivity index (χ3n) is 5.03. The highest BCUT2D eigenvalue weighted by Gasteiger charge is 2.19. The number of amides is 1. The maximum absolute atomic E-state index is 13.3. The number of fused-ring (bicyclic) bond motifs is 1. The smallest absolute Gasteiger partial charge is 0.279 e. The van der Waals surface area contributed by atoms with E-state index in [0.29, 0.717) is 47.4 Å². The Labute approximate surface area is 203 Å². The van der Waals surface area contributed by atoms with E-state index in [0.717, 1.165) is 28.9 Å². The van der Waals surface area contributed by atoms with Gasteiger partial charge in [-0.2, -0.15) is 16.8 Å². The molecule has 8 heteroatoms. The third-order valence-corrected chi connectivity index (χ3v) is 6.66. The van der Waals surface area contributed by atoms with Gasteiger partial charge < -0.3 is 18.8 Å². The molecule has 2 aromatic carbocycles. The number of hydrogen-bond acceptors (Lipinski definition) is 6. The summed E-state index contributed by atoms with van der Waals surface area (Å²) in [4.78, 5) is 18.5. The summed E-state index contributed by atoms with van der Waals surface area (Å²) in [6, 6.07) is 9.85. The van der Waals surface area contributed by atoms with Crippen LogP contribution in [0.3, 0.4) is 0 Å². The van der Waals surface area contributed by atoms with E-state index in [1.54, 1.807) is 35.2 Å². The Balaban J connectivity index is 2.12. The van der Waals surface area contributed by atoms with Crippen LogP contribution >= 0.6 is 23.1 Å². The molecule has 0 N–H and O–H groups in total. The van der Waals surface area contributed by atoms with Crippen molar-refractivity contribution in [1.29, 1.82) is 0 Å². The van der Waals surface area contributed by atoms with Gasteiger partial charge in [-0.3, -0.25) is 4.79 Å². The van der Waals surface area contributed by atoms with E-state index in [1.165, 1.54) is 5.56 Å². The van der Waals surface area contributed by atoms with E-state index in [9.17, 15) is 4.79 Å². The first kappa shape index (κ1) is 25.2. The van der Waals surface area contributed by atoms with Gasteiger partial charge in [-0.1, -0.05) is 24.3 Å². The van der Waals surface area contributed by atoms with Crippen LogP contribution in [-0.4, -0.2) is 42.3 Å². The third kappa shape index (κ3) is 5.92. The summed E-state index contributed by atoms with van der Waals surface area (Å²) < 4.78 is 20.6. The van der Waals surface area contributed by atoms with Gasteiger partial charge in [0.15, 0.2) is 16.3 Å². The summed E-state index contributed by atoms with van der Waals surface area (Å²) >= 11 is 3.32. The standard InChI is InChI=1S/C25H32N2O4S2/c1-6-17-10-11-19-22(14-17)33-25(27(19)12-13-32-5)26-24(28)18-15-20(29-7-2)23(31-9-4)21(16-18)30-8-3/h10-11,14-16H,6-9,12-13H2,1-5H3. The quantitative estimate of drug-likeness (QED) is 0.353. The normalized spacial score (nSPS) is 11.7. The SMILES string of the molecule is CCOc1cc(C(=O)N=c2sc3cc(CC)ccc3n2CCSC)cc(OCC)c1OCC. The van der Waals surface area contributed by atoms with Gasteiger partial charge >= 0.3 is 0 Å². The van der Waals surface area contributed by atoms with Crippen molar-refractivity contribution in [1.82, 2.24) is 4.57 Å².